The van der Waals surface area contributed by atoms with Crippen LogP contribution in [0.4, 0.5) is 5.13 Å². The number of nitrogens with zero attached hydrogens (tertiary/aromatic N) is 3. The molecular formula is C23H23N5O2S2. The molecule has 0 aliphatic carbocycles. The molecule has 0 unspecified atom stereocenters. The largest absolute Gasteiger partial charge is 0.497 e. The molecule has 0 aliphatic heterocycles. The number of aromatic nitrogens is 4. The summed E-state index contributed by atoms with van der Waals surface area (Å²) in [6, 6.07) is 11.7. The van der Waals surface area contributed by atoms with Crippen LogP contribution in [-0.2, 0) is 11.3 Å². The van der Waals surface area contributed by atoms with E-state index in [4.69, 9.17) is 17.0 Å². The number of rotatable bonds is 6. The molecule has 0 saturated carbocycles. The van der Waals surface area contributed by atoms with Crippen LogP contribution in [-0.4, -0.2) is 32.8 Å². The standard InChI is InChI=1S/C23H23N5O2S2/c1-13-9-14(2)20(15(3)10-13)18-12-32-22(24-18)25-19(29)11-28-21(26-27-23(28)31)16-5-7-17(30-4)8-6-16/h5-10,12H,11H2,1-4H3,(H,27,31)(H,24,25,29). The van der Waals surface area contributed by atoms with Gasteiger partial charge in [0.15, 0.2) is 15.7 Å². The second-order valence-corrected chi connectivity index (χ2v) is 8.77. The number of aromatic amines is 1. The molecule has 32 heavy (non-hydrogen) atoms. The van der Waals surface area contributed by atoms with Gasteiger partial charge in [-0.05, 0) is 68.4 Å². The van der Waals surface area contributed by atoms with E-state index in [0.29, 0.717) is 15.7 Å². The summed E-state index contributed by atoms with van der Waals surface area (Å²) in [6.45, 7) is 6.26. The Bertz CT molecular complexity index is 1310. The van der Waals surface area contributed by atoms with Crippen molar-refractivity contribution >= 4 is 34.6 Å². The molecule has 0 radical (unpaired) electrons. The number of methoxy groups -OCH3 is 1. The number of aryl methyl sites for hydroxylation is 3. The van der Waals surface area contributed by atoms with Gasteiger partial charge in [-0.15, -0.1) is 11.3 Å². The van der Waals surface area contributed by atoms with Crippen molar-refractivity contribution in [3.05, 3.63) is 63.2 Å². The minimum atomic E-state index is -0.226. The zero-order valence-electron chi connectivity index (χ0n) is 18.2. The molecule has 2 aromatic heterocycles. The highest BCUT2D eigenvalue weighted by Gasteiger charge is 2.15. The van der Waals surface area contributed by atoms with E-state index in [1.807, 2.05) is 29.6 Å². The Balaban J connectivity index is 1.52. The van der Waals surface area contributed by atoms with E-state index in [2.05, 4.69) is 53.4 Å². The smallest absolute Gasteiger partial charge is 0.246 e. The number of hydrogen-bond donors (Lipinski definition) is 2. The van der Waals surface area contributed by atoms with Crippen molar-refractivity contribution in [2.45, 2.75) is 27.3 Å². The molecule has 4 rings (SSSR count). The van der Waals surface area contributed by atoms with Crippen molar-refractivity contribution in [2.75, 3.05) is 12.4 Å². The Morgan fingerprint density at radius 3 is 2.53 bits per heavy atom. The van der Waals surface area contributed by atoms with Gasteiger partial charge in [0.1, 0.15) is 12.3 Å². The van der Waals surface area contributed by atoms with Crippen molar-refractivity contribution in [1.29, 1.82) is 0 Å². The van der Waals surface area contributed by atoms with Crippen LogP contribution >= 0.6 is 23.6 Å². The highest BCUT2D eigenvalue weighted by molar-refractivity contribution is 7.71. The van der Waals surface area contributed by atoms with Gasteiger partial charge in [-0.3, -0.25) is 14.5 Å². The summed E-state index contributed by atoms with van der Waals surface area (Å²) in [7, 11) is 1.61. The number of carbonyl (C=O) groups excluding carboxylic acids is 1. The van der Waals surface area contributed by atoms with Crippen LogP contribution in [0, 0.1) is 25.5 Å². The number of amides is 1. The summed E-state index contributed by atoms with van der Waals surface area (Å²) in [5.41, 5.74) is 6.34. The van der Waals surface area contributed by atoms with Gasteiger partial charge < -0.3 is 10.1 Å². The molecule has 0 atom stereocenters. The average molecular weight is 466 g/mol. The van der Waals surface area contributed by atoms with Crippen LogP contribution < -0.4 is 10.1 Å². The van der Waals surface area contributed by atoms with E-state index >= 15 is 0 Å². The quantitative estimate of drug-likeness (QED) is 0.377. The Kier molecular flexibility index (Phi) is 6.20. The van der Waals surface area contributed by atoms with Crippen LogP contribution in [0.15, 0.2) is 41.8 Å². The van der Waals surface area contributed by atoms with E-state index in [1.54, 1.807) is 11.7 Å². The fraction of sp³-hybridized carbons (Fsp3) is 0.217. The molecule has 0 bridgehead atoms. The van der Waals surface area contributed by atoms with E-state index in [-0.39, 0.29) is 12.5 Å². The lowest BCUT2D eigenvalue weighted by Gasteiger charge is -2.09. The summed E-state index contributed by atoms with van der Waals surface area (Å²) < 4.78 is 7.23. The maximum atomic E-state index is 12.8. The predicted molar refractivity (Wildman–Crippen MR) is 130 cm³/mol. The monoisotopic (exact) mass is 465 g/mol. The van der Waals surface area contributed by atoms with Gasteiger partial charge in [0.2, 0.25) is 5.91 Å². The lowest BCUT2D eigenvalue weighted by Crippen LogP contribution is -2.19. The summed E-state index contributed by atoms with van der Waals surface area (Å²) in [6.07, 6.45) is 0. The summed E-state index contributed by atoms with van der Waals surface area (Å²) in [4.78, 5) is 17.4. The third kappa shape index (κ3) is 4.49. The molecule has 0 spiro atoms. The van der Waals surface area contributed by atoms with Gasteiger partial charge in [-0.1, -0.05) is 17.7 Å². The minimum absolute atomic E-state index is 0.0220. The normalized spacial score (nSPS) is 10.9. The molecule has 0 saturated heterocycles. The van der Waals surface area contributed by atoms with Crippen molar-refractivity contribution in [3.8, 4) is 28.4 Å². The number of anilines is 1. The molecule has 2 aromatic carbocycles. The second kappa shape index (κ2) is 9.05. The van der Waals surface area contributed by atoms with Gasteiger partial charge in [-0.25, -0.2) is 4.98 Å². The van der Waals surface area contributed by atoms with E-state index in [1.165, 1.54) is 28.0 Å². The fourth-order valence-electron chi connectivity index (χ4n) is 3.76. The molecule has 2 N–H and O–H groups in total. The molecule has 0 aliphatic rings. The first-order chi connectivity index (χ1) is 15.4. The van der Waals surface area contributed by atoms with Crippen molar-refractivity contribution < 1.29 is 9.53 Å². The Hall–Kier alpha value is -3.30. The molecule has 0 fully saturated rings. The first kappa shape index (κ1) is 21.9. The summed E-state index contributed by atoms with van der Waals surface area (Å²) in [5, 5.41) is 12.4. The van der Waals surface area contributed by atoms with Crippen LogP contribution in [0.25, 0.3) is 22.6 Å². The molecule has 164 valence electrons. The highest BCUT2D eigenvalue weighted by Crippen LogP contribution is 2.31. The van der Waals surface area contributed by atoms with Crippen molar-refractivity contribution in [3.63, 3.8) is 0 Å². The maximum absolute atomic E-state index is 12.8. The van der Waals surface area contributed by atoms with Gasteiger partial charge in [0, 0.05) is 16.5 Å². The first-order valence-corrected chi connectivity index (χ1v) is 11.3. The third-order valence-electron chi connectivity index (χ3n) is 5.09. The SMILES string of the molecule is COc1ccc(-c2n[nH]c(=S)n2CC(=O)Nc2nc(-c3c(C)cc(C)cc3C)cs2)cc1. The number of carbonyl (C=O) groups is 1. The Morgan fingerprint density at radius 1 is 1.19 bits per heavy atom. The topological polar surface area (TPSA) is 84.8 Å². The zero-order chi connectivity index (χ0) is 22.8. The number of hydrogen-bond acceptors (Lipinski definition) is 6. The third-order valence-corrected chi connectivity index (χ3v) is 6.16. The molecular weight excluding hydrogens is 442 g/mol. The van der Waals surface area contributed by atoms with Crippen LogP contribution in [0.1, 0.15) is 16.7 Å². The Morgan fingerprint density at radius 2 is 1.88 bits per heavy atom. The zero-order valence-corrected chi connectivity index (χ0v) is 19.9. The van der Waals surface area contributed by atoms with Crippen LogP contribution in [0.2, 0.25) is 0 Å². The van der Waals surface area contributed by atoms with Gasteiger partial charge in [0.25, 0.3) is 0 Å². The number of nitrogens with one attached hydrogen (secondary N) is 2. The fourth-order valence-corrected chi connectivity index (χ4v) is 4.67. The van der Waals surface area contributed by atoms with Crippen molar-refractivity contribution in [1.82, 2.24) is 19.7 Å². The van der Waals surface area contributed by atoms with Gasteiger partial charge in [0.05, 0.1) is 12.8 Å². The summed E-state index contributed by atoms with van der Waals surface area (Å²) in [5.74, 6) is 1.10. The first-order valence-electron chi connectivity index (χ1n) is 9.99. The lowest BCUT2D eigenvalue weighted by molar-refractivity contribution is -0.116. The van der Waals surface area contributed by atoms with E-state index in [9.17, 15) is 4.79 Å². The van der Waals surface area contributed by atoms with Crippen molar-refractivity contribution in [2.24, 2.45) is 0 Å². The van der Waals surface area contributed by atoms with Gasteiger partial charge >= 0.3 is 0 Å². The minimum Gasteiger partial charge on any atom is -0.497 e. The number of ether oxygens (including phenoxy) is 1. The van der Waals surface area contributed by atoms with Crippen LogP contribution in [0.5, 0.6) is 5.75 Å². The lowest BCUT2D eigenvalue weighted by atomic mass is 9.98. The molecule has 4 aromatic rings. The number of H-pyrrole nitrogens is 1. The number of thiazole rings is 1. The molecule has 7 nitrogen and oxygen atoms in total. The van der Waals surface area contributed by atoms with E-state index in [0.717, 1.165) is 22.6 Å². The summed E-state index contributed by atoms with van der Waals surface area (Å²) >= 11 is 6.74. The molecule has 2 heterocycles. The molecule has 1 amide bonds. The van der Waals surface area contributed by atoms with Crippen LogP contribution in [0.3, 0.4) is 0 Å². The maximum Gasteiger partial charge on any atom is 0.246 e. The highest BCUT2D eigenvalue weighted by atomic mass is 32.1. The molecule has 9 heteroatoms. The average Bonchev–Trinajstić information content (AvgIpc) is 3.34. The second-order valence-electron chi connectivity index (χ2n) is 7.53. The van der Waals surface area contributed by atoms with Gasteiger partial charge in [-0.2, -0.15) is 5.10 Å². The predicted octanol–water partition coefficient (Wildman–Crippen LogP) is 5.30. The Labute approximate surface area is 195 Å². The number of benzene rings is 2. The van der Waals surface area contributed by atoms with E-state index < -0.39 is 0 Å².